The summed E-state index contributed by atoms with van der Waals surface area (Å²) in [5.74, 6) is 0.696. The Kier molecular flexibility index (Phi) is 6.25. The number of anilines is 1. The minimum absolute atomic E-state index is 0.228. The normalized spacial score (nSPS) is 12.3. The Morgan fingerprint density at radius 2 is 1.83 bits per heavy atom. The van der Waals surface area contributed by atoms with Crippen LogP contribution in [-0.2, 0) is 13.1 Å². The van der Waals surface area contributed by atoms with Crippen molar-refractivity contribution in [3.8, 4) is 0 Å². The molecule has 1 N–H and O–H groups in total. The van der Waals surface area contributed by atoms with Crippen LogP contribution in [0.5, 0.6) is 0 Å². The number of hydrogen-bond acceptors (Lipinski definition) is 4. The van der Waals surface area contributed by atoms with Crippen LogP contribution in [0.15, 0.2) is 59.5 Å². The van der Waals surface area contributed by atoms with Crippen molar-refractivity contribution in [1.29, 1.82) is 0 Å². The highest BCUT2D eigenvalue weighted by molar-refractivity contribution is 9.10. The van der Waals surface area contributed by atoms with E-state index in [0.717, 1.165) is 26.6 Å². The van der Waals surface area contributed by atoms with Gasteiger partial charge in [-0.2, -0.15) is 5.10 Å². The third kappa shape index (κ3) is 4.67. The zero-order chi connectivity index (χ0) is 20.4. The minimum Gasteiger partial charge on any atom is -0.365 e. The first kappa shape index (κ1) is 20.4. The molecule has 1 unspecified atom stereocenters. The van der Waals surface area contributed by atoms with Crippen molar-refractivity contribution in [2.45, 2.75) is 18.5 Å². The lowest BCUT2D eigenvalue weighted by Crippen LogP contribution is -2.07. The number of hydrogen-bond donors (Lipinski definition) is 1. The molecule has 2 aromatic heterocycles. The fourth-order valence-electron chi connectivity index (χ4n) is 2.93. The van der Waals surface area contributed by atoms with Crippen molar-refractivity contribution in [2.24, 2.45) is 0 Å². The Bertz CT molecular complexity index is 1150. The molecule has 0 saturated carbocycles. The van der Waals surface area contributed by atoms with Gasteiger partial charge in [-0.1, -0.05) is 57.3 Å². The lowest BCUT2D eigenvalue weighted by Gasteiger charge is -2.11. The molecular weight excluding hydrogens is 497 g/mol. The topological polar surface area (TPSA) is 55.6 Å². The predicted octanol–water partition coefficient (Wildman–Crippen LogP) is 6.49. The Labute approximate surface area is 191 Å². The Hall–Kier alpha value is -1.86. The predicted molar refractivity (Wildman–Crippen MR) is 122 cm³/mol. The zero-order valence-corrected chi connectivity index (χ0v) is 18.8. The van der Waals surface area contributed by atoms with Crippen LogP contribution < -0.4 is 5.32 Å². The van der Waals surface area contributed by atoms with Crippen molar-refractivity contribution in [3.05, 3.63) is 80.6 Å². The smallest absolute Gasteiger partial charge is 0.163 e. The minimum atomic E-state index is -0.228. The molecule has 2 heterocycles. The summed E-state index contributed by atoms with van der Waals surface area (Å²) in [5, 5.41) is 9.42. The summed E-state index contributed by atoms with van der Waals surface area (Å²) >= 11 is 22.1. The summed E-state index contributed by atoms with van der Waals surface area (Å²) in [7, 11) is 0. The second kappa shape index (κ2) is 8.88. The highest BCUT2D eigenvalue weighted by Gasteiger charge is 2.14. The van der Waals surface area contributed by atoms with E-state index in [4.69, 9.17) is 34.8 Å². The van der Waals surface area contributed by atoms with Gasteiger partial charge in [0.15, 0.2) is 5.65 Å². The van der Waals surface area contributed by atoms with Crippen LogP contribution in [0.4, 0.5) is 5.82 Å². The van der Waals surface area contributed by atoms with E-state index in [0.29, 0.717) is 29.0 Å². The molecule has 5 nitrogen and oxygen atoms in total. The van der Waals surface area contributed by atoms with Crippen LogP contribution in [-0.4, -0.2) is 19.7 Å². The van der Waals surface area contributed by atoms with Crippen molar-refractivity contribution in [1.82, 2.24) is 19.7 Å². The first-order valence-corrected chi connectivity index (χ1v) is 10.7. The van der Waals surface area contributed by atoms with Gasteiger partial charge in [-0.05, 0) is 35.4 Å². The number of aromatic nitrogens is 4. The second-order valence-corrected chi connectivity index (χ2v) is 8.66. The molecule has 29 heavy (non-hydrogen) atoms. The number of nitrogens with zero attached hydrogens (tertiary/aromatic N) is 4. The summed E-state index contributed by atoms with van der Waals surface area (Å²) in [5.41, 5.74) is 2.74. The average molecular weight is 512 g/mol. The summed E-state index contributed by atoms with van der Waals surface area (Å²) in [6.45, 7) is 1.04. The lowest BCUT2D eigenvalue weighted by atomic mass is 10.1. The molecule has 0 saturated heterocycles. The molecule has 4 aromatic rings. The summed E-state index contributed by atoms with van der Waals surface area (Å²) in [4.78, 5) is 8.74. The van der Waals surface area contributed by atoms with Crippen molar-refractivity contribution in [3.63, 3.8) is 0 Å². The molecule has 0 bridgehead atoms. The molecule has 0 spiro atoms. The fourth-order valence-corrected chi connectivity index (χ4v) is 3.79. The average Bonchev–Trinajstić information content (AvgIpc) is 3.13. The van der Waals surface area contributed by atoms with Gasteiger partial charge in [-0.25, -0.2) is 14.6 Å². The number of benzene rings is 2. The summed E-state index contributed by atoms with van der Waals surface area (Å²) in [6.07, 6.45) is 3.26. The molecule has 0 aliphatic carbocycles. The number of fused-ring (bicyclic) bond motifs is 1. The molecule has 0 fully saturated rings. The van der Waals surface area contributed by atoms with Gasteiger partial charge in [-0.15, -0.1) is 11.6 Å². The maximum atomic E-state index is 6.60. The van der Waals surface area contributed by atoms with Crippen molar-refractivity contribution < 1.29 is 0 Å². The fraction of sp³-hybridized carbons (Fsp3) is 0.150. The molecule has 148 valence electrons. The van der Waals surface area contributed by atoms with E-state index in [1.807, 2.05) is 36.4 Å². The van der Waals surface area contributed by atoms with Gasteiger partial charge < -0.3 is 5.32 Å². The second-order valence-electron chi connectivity index (χ2n) is 6.41. The Morgan fingerprint density at radius 1 is 1.03 bits per heavy atom. The van der Waals surface area contributed by atoms with Crippen LogP contribution in [0.25, 0.3) is 11.0 Å². The molecule has 9 heteroatoms. The number of alkyl halides is 1. The molecule has 1 atom stereocenters. The third-order valence-corrected chi connectivity index (χ3v) is 6.10. The van der Waals surface area contributed by atoms with Crippen LogP contribution >= 0.6 is 50.7 Å². The third-order valence-electron chi connectivity index (χ3n) is 4.44. The van der Waals surface area contributed by atoms with Crippen LogP contribution in [0, 0.1) is 0 Å². The highest BCUT2D eigenvalue weighted by Crippen LogP contribution is 2.27. The zero-order valence-electron chi connectivity index (χ0n) is 15.0. The van der Waals surface area contributed by atoms with Crippen molar-refractivity contribution in [2.75, 3.05) is 5.32 Å². The first-order chi connectivity index (χ1) is 14.0. The van der Waals surface area contributed by atoms with Gasteiger partial charge in [0, 0.05) is 11.0 Å². The van der Waals surface area contributed by atoms with Gasteiger partial charge >= 0.3 is 0 Å². The SMILES string of the molecule is Clc1ccc(CNc2ncnc3c2cnn3CC(Cl)c2ccc(Br)cc2)cc1Cl. The molecule has 4 rings (SSSR count). The molecule has 2 aromatic carbocycles. The van der Waals surface area contributed by atoms with Crippen molar-refractivity contribution >= 4 is 67.6 Å². The van der Waals surface area contributed by atoms with E-state index < -0.39 is 0 Å². The van der Waals surface area contributed by atoms with E-state index in [-0.39, 0.29) is 5.38 Å². The van der Waals surface area contributed by atoms with Crippen LogP contribution in [0.2, 0.25) is 10.0 Å². The van der Waals surface area contributed by atoms with Gasteiger partial charge in [0.1, 0.15) is 12.1 Å². The quantitative estimate of drug-likeness (QED) is 0.301. The maximum absolute atomic E-state index is 6.60. The first-order valence-electron chi connectivity index (χ1n) is 8.75. The monoisotopic (exact) mass is 509 g/mol. The highest BCUT2D eigenvalue weighted by atomic mass is 79.9. The van der Waals surface area contributed by atoms with Crippen LogP contribution in [0.1, 0.15) is 16.5 Å². The summed E-state index contributed by atoms with van der Waals surface area (Å²) < 4.78 is 2.81. The van der Waals surface area contributed by atoms with E-state index in [9.17, 15) is 0 Å². The number of halogens is 4. The lowest BCUT2D eigenvalue weighted by molar-refractivity contribution is 0.615. The molecular formula is C20H15BrCl3N5. The number of rotatable bonds is 6. The van der Waals surface area contributed by atoms with E-state index >= 15 is 0 Å². The van der Waals surface area contributed by atoms with Gasteiger partial charge in [-0.3, -0.25) is 0 Å². The molecule has 0 amide bonds. The Balaban J connectivity index is 1.53. The molecule has 0 aliphatic heterocycles. The maximum Gasteiger partial charge on any atom is 0.163 e. The standard InChI is InChI=1S/C20H15BrCl3N5/c21-14-4-2-13(3-5-14)18(24)10-29-20-15(9-28-29)19(26-11-27-20)25-8-12-1-6-16(22)17(23)7-12/h1-7,9,11,18H,8,10H2,(H,25,26,27). The largest absolute Gasteiger partial charge is 0.365 e. The van der Waals surface area contributed by atoms with Gasteiger partial charge in [0.2, 0.25) is 0 Å². The van der Waals surface area contributed by atoms with Gasteiger partial charge in [0.25, 0.3) is 0 Å². The van der Waals surface area contributed by atoms with Crippen LogP contribution in [0.3, 0.4) is 0 Å². The van der Waals surface area contributed by atoms with Gasteiger partial charge in [0.05, 0.1) is 33.6 Å². The van der Waals surface area contributed by atoms with E-state index in [2.05, 4.69) is 36.3 Å². The Morgan fingerprint density at radius 3 is 2.59 bits per heavy atom. The molecule has 0 radical (unpaired) electrons. The molecule has 0 aliphatic rings. The number of nitrogens with one attached hydrogen (secondary N) is 1. The van der Waals surface area contributed by atoms with E-state index in [1.165, 1.54) is 6.33 Å². The van der Waals surface area contributed by atoms with E-state index in [1.54, 1.807) is 16.9 Å². The summed E-state index contributed by atoms with van der Waals surface area (Å²) in [6, 6.07) is 13.4.